The molecule has 18 atom stereocenters. The number of esters is 2. The molecule has 4 spiro atoms. The van der Waals surface area contributed by atoms with E-state index in [1.807, 2.05) is 34.1 Å². The highest BCUT2D eigenvalue weighted by Gasteiger charge is 2.78. The van der Waals surface area contributed by atoms with Crippen LogP contribution in [0.2, 0.25) is 0 Å². The maximum absolute atomic E-state index is 13.3. The van der Waals surface area contributed by atoms with Crippen LogP contribution in [0.5, 0.6) is 46.0 Å². The Morgan fingerprint density at radius 3 is 1.32 bits per heavy atom. The number of hydrogen-bond donors (Lipinski definition) is 9. The number of benzene rings is 4. The Hall–Kier alpha value is -7.46. The van der Waals surface area contributed by atoms with E-state index in [1.165, 1.54) is 31.2 Å². The fourth-order valence-electron chi connectivity index (χ4n) is 27.7. The molecule has 25 nitrogen and oxygen atoms in total. The van der Waals surface area contributed by atoms with Gasteiger partial charge in [-0.05, 0) is 244 Å². The summed E-state index contributed by atoms with van der Waals surface area (Å²) in [5.74, 6) is 3.76. The van der Waals surface area contributed by atoms with Gasteiger partial charge in [0.1, 0.15) is 12.2 Å². The minimum Gasteiger partial charge on any atom is -0.504 e. The molecule has 0 aromatic heterocycles. The molecule has 14 fully saturated rings. The van der Waals surface area contributed by atoms with E-state index in [0.29, 0.717) is 131 Å². The zero-order chi connectivity index (χ0) is 82.4. The van der Waals surface area contributed by atoms with Crippen LogP contribution in [-0.2, 0) is 80.9 Å². The molecule has 0 unspecified atom stereocenters. The number of ketones is 2. The minimum atomic E-state index is -1.22. The predicted molar refractivity (Wildman–Crippen MR) is 437 cm³/mol. The van der Waals surface area contributed by atoms with Gasteiger partial charge in [-0.15, -0.1) is 0 Å². The summed E-state index contributed by atoms with van der Waals surface area (Å²) < 4.78 is 36.3. The highest BCUT2D eigenvalue weighted by molar-refractivity contribution is 6.64. The van der Waals surface area contributed by atoms with Gasteiger partial charge in [0.25, 0.3) is 0 Å². The molecule has 4 saturated heterocycles. The normalized spacial score (nSPS) is 38.4. The molecule has 8 bridgehead atoms. The lowest BCUT2D eigenvalue weighted by Gasteiger charge is -2.64. The third-order valence-electron chi connectivity index (χ3n) is 35.2. The van der Waals surface area contributed by atoms with Crippen LogP contribution in [0.15, 0.2) is 48.5 Å². The van der Waals surface area contributed by atoms with E-state index in [0.717, 1.165) is 167 Å². The molecule has 8 aliphatic heterocycles. The van der Waals surface area contributed by atoms with Crippen molar-refractivity contribution in [2.45, 2.75) is 331 Å². The predicted octanol–water partition coefficient (Wildman–Crippen LogP) is 8.97. The quantitative estimate of drug-likeness (QED) is 0.0428. The van der Waals surface area contributed by atoms with Crippen molar-refractivity contribution in [3.05, 3.63) is 93.0 Å². The van der Waals surface area contributed by atoms with Gasteiger partial charge in [-0.3, -0.25) is 38.5 Å². The molecule has 26 rings (SSSR count). The number of nitrogens with one attached hydrogen (secondary N) is 1. The van der Waals surface area contributed by atoms with Gasteiger partial charge in [0.2, 0.25) is 17.1 Å². The first kappa shape index (κ1) is 80.6. The molecule has 2 amide bonds. The number of phenolic OH excluding ortho intramolecular Hbond substituents is 2. The number of carbonyl (C=O) groups is 7. The van der Waals surface area contributed by atoms with Gasteiger partial charge in [0.15, 0.2) is 69.8 Å². The summed E-state index contributed by atoms with van der Waals surface area (Å²) in [6.07, 6.45) is 23.2. The first-order valence-corrected chi connectivity index (χ1v) is 45.9. The molecule has 26 heteroatoms. The van der Waals surface area contributed by atoms with Crippen molar-refractivity contribution in [1.29, 1.82) is 0 Å². The summed E-state index contributed by atoms with van der Waals surface area (Å²) in [7, 11) is 0. The van der Waals surface area contributed by atoms with Gasteiger partial charge >= 0.3 is 11.9 Å². The van der Waals surface area contributed by atoms with E-state index < -0.39 is 80.7 Å². The van der Waals surface area contributed by atoms with E-state index in [1.54, 1.807) is 24.3 Å². The van der Waals surface area contributed by atoms with Crippen molar-refractivity contribution < 1.29 is 103 Å². The fraction of sp³-hybridized carbons (Fsp3) is 0.674. The smallest absolute Gasteiger partial charge is 0.314 e. The number of piperidine rings is 4. The molecular formula is C95H115ClN4O21. The topological polar surface area (TPSA) is 358 Å². The average Bonchev–Trinajstić information content (AvgIpc) is 1.55. The van der Waals surface area contributed by atoms with Crippen LogP contribution in [0.1, 0.15) is 245 Å². The first-order valence-electron chi connectivity index (χ1n) is 45.5. The largest absolute Gasteiger partial charge is 0.504 e. The van der Waals surface area contributed by atoms with Gasteiger partial charge in [-0.1, -0.05) is 70.2 Å². The third-order valence-corrected chi connectivity index (χ3v) is 35.5. The van der Waals surface area contributed by atoms with Gasteiger partial charge < -0.3 is 84.4 Å². The van der Waals surface area contributed by atoms with Crippen LogP contribution in [0, 0.1) is 35.5 Å². The number of aliphatic hydroxyl groups is 6. The SMILES string of the molecule is C.O=C(Cl)C1CCC1.O=C(Oc1ccc2c3c1O[C@H]1C(=O)CC[C@@]4(O)[C@@H](C2)N(C(=O)C2CCC2)CC[C@]314)C1CCC1.O=C(Oc1ccc2c3c1O[C@H]1[C@@H](O)CC[C@@]4(O)[C@@H](C2)N(C(=O)C2CCC2)CC[C@]314)C1CCC1.O=C1CC[C@@]2(O)[C@H]3Cc4ccc(O)c5c4[C@@]2(CCN3)[C@H]1O5.Oc1ccc2c3c1O[C@H]1[C@@H](O)CC[C@@]4(O)[C@@H](C2)N(CC2CCC2)CC[C@]314. The summed E-state index contributed by atoms with van der Waals surface area (Å²) in [6.45, 7) is 3.84. The molecule has 22 aliphatic rings. The molecule has 8 heterocycles. The van der Waals surface area contributed by atoms with Crippen LogP contribution in [0.25, 0.3) is 0 Å². The van der Waals surface area contributed by atoms with Crippen molar-refractivity contribution in [2.75, 3.05) is 32.7 Å². The van der Waals surface area contributed by atoms with Crippen molar-refractivity contribution in [2.24, 2.45) is 35.5 Å². The average molecular weight is 1680 g/mol. The van der Waals surface area contributed by atoms with Crippen LogP contribution in [0.3, 0.4) is 0 Å². The van der Waals surface area contributed by atoms with Crippen molar-refractivity contribution in [1.82, 2.24) is 20.0 Å². The summed E-state index contributed by atoms with van der Waals surface area (Å²) in [5.41, 5.74) is 0.757. The number of aliphatic hydroxyl groups excluding tert-OH is 2. The number of halogens is 1. The molecule has 4 aromatic rings. The Labute approximate surface area is 709 Å². The number of hydrogen-bond acceptors (Lipinski definition) is 23. The van der Waals surface area contributed by atoms with E-state index >= 15 is 0 Å². The Bertz CT molecular complexity index is 5000. The van der Waals surface area contributed by atoms with Crippen LogP contribution in [0.4, 0.5) is 0 Å². The highest BCUT2D eigenvalue weighted by atomic mass is 35.5. The molecule has 4 aromatic carbocycles. The Balaban J connectivity index is 0.0000000977. The van der Waals surface area contributed by atoms with Gasteiger partial charge in [-0.2, -0.15) is 0 Å². The van der Waals surface area contributed by atoms with E-state index in [-0.39, 0.29) is 120 Å². The molecule has 121 heavy (non-hydrogen) atoms. The Kier molecular flexibility index (Phi) is 19.2. The van der Waals surface area contributed by atoms with Gasteiger partial charge in [0.05, 0.1) is 80.2 Å². The lowest BCUT2D eigenvalue weighted by atomic mass is 9.48. The van der Waals surface area contributed by atoms with E-state index in [4.69, 9.17) is 40.0 Å². The molecule has 9 N–H and O–H groups in total. The number of aromatic hydroxyl groups is 2. The highest BCUT2D eigenvalue weighted by Crippen LogP contribution is 2.71. The molecule has 648 valence electrons. The van der Waals surface area contributed by atoms with Crippen molar-refractivity contribution in [3.63, 3.8) is 0 Å². The Morgan fingerprint density at radius 1 is 0.438 bits per heavy atom. The second-order valence-electron chi connectivity index (χ2n) is 40.1. The zero-order valence-electron chi connectivity index (χ0n) is 68.0. The number of rotatable bonds is 9. The Morgan fingerprint density at radius 2 is 0.835 bits per heavy atom. The van der Waals surface area contributed by atoms with Crippen molar-refractivity contribution >= 4 is 52.2 Å². The van der Waals surface area contributed by atoms with Crippen molar-refractivity contribution in [3.8, 4) is 46.0 Å². The maximum Gasteiger partial charge on any atom is 0.314 e. The summed E-state index contributed by atoms with van der Waals surface area (Å²) in [6, 6.07) is 14.1. The lowest BCUT2D eigenvalue weighted by molar-refractivity contribution is -0.211. The molecule has 14 aliphatic carbocycles. The number of Topliss-reactive ketones (excluding diaryl/α,β-unsaturated/α-hetero) is 2. The molecule has 0 radical (unpaired) electrons. The number of carbonyl (C=O) groups excluding carboxylic acids is 7. The fourth-order valence-corrected chi connectivity index (χ4v) is 27.9. The van der Waals surface area contributed by atoms with E-state index in [2.05, 4.69) is 10.2 Å². The summed E-state index contributed by atoms with van der Waals surface area (Å²) in [4.78, 5) is 93.9. The van der Waals surface area contributed by atoms with Crippen LogP contribution < -0.4 is 33.7 Å². The van der Waals surface area contributed by atoms with Gasteiger partial charge in [0, 0.05) is 84.6 Å². The lowest BCUT2D eigenvalue weighted by Crippen LogP contribution is -2.77. The number of phenols is 2. The standard InChI is InChI=1S/C26H31NO6.C26H29NO6.C21H27NO4.C16H17NO4.C5H7ClO.CH4/c2*28-17-9-10-26(31)19-13-16-7-8-18(32-24(30)15-5-2-6-15)21-20(16)25(26,22(17)33-21)11-12-27(19)23(29)14-3-1-4-14;23-14-5-4-13-10-16-21(25)7-6-15(24)19-20(21,17(13)18(14)26-19)8-9-22(16)11-12-2-1-3-12;18-9-2-1-8-7-11-16(20)4-3-10(19)14-15(16,5-6-17-11)12(8)13(9)21-14;6-5(7)4-2-1-3-4;/h7-8,14-15,17,19,22,28,31H,1-6,9-13H2;7-8,14-15,19,22,31H,1-6,9-13H2;4-5,12,15-16,19,23-25H,1-3,6-11H2;1-2,11,14,17-18,20H,3-7H2;4H,1-3H2;1H4/t17-,19+,22-,25-,26+;19-,22+,25+,26-;15-,16+,19-,20-,21+;11-,14+,15+,16-;;/m0101../s1. The van der Waals surface area contributed by atoms with Crippen LogP contribution >= 0.6 is 11.6 Å². The third kappa shape index (κ3) is 11.0. The van der Waals surface area contributed by atoms with E-state index in [9.17, 15) is 74.4 Å². The van der Waals surface area contributed by atoms with Crippen LogP contribution in [-0.4, -0.2) is 212 Å². The minimum absolute atomic E-state index is 0. The number of amides is 2. The molecular weight excluding hydrogens is 1570 g/mol. The number of likely N-dealkylation sites (tertiary alicyclic amines) is 3. The van der Waals surface area contributed by atoms with Gasteiger partial charge in [-0.25, -0.2) is 0 Å². The number of ether oxygens (including phenoxy) is 6. The zero-order valence-corrected chi connectivity index (χ0v) is 68.8. The number of nitrogens with zero attached hydrogens (tertiary/aromatic N) is 3. The second kappa shape index (κ2) is 28.8. The maximum atomic E-state index is 13.3. The summed E-state index contributed by atoms with van der Waals surface area (Å²) in [5, 5.41) is 93.7. The molecule has 10 saturated carbocycles. The first-order chi connectivity index (χ1) is 57.8. The second-order valence-corrected chi connectivity index (χ2v) is 40.4. The monoisotopic (exact) mass is 1680 g/mol. The summed E-state index contributed by atoms with van der Waals surface area (Å²) >= 11 is 5.14.